The Morgan fingerprint density at radius 2 is 2.29 bits per heavy atom. The maximum absolute atomic E-state index is 10.7. The van der Waals surface area contributed by atoms with Gasteiger partial charge >= 0.3 is 0 Å². The van der Waals surface area contributed by atoms with E-state index in [2.05, 4.69) is 10.1 Å². The molecular formula is C8H12N4O2. The Hall–Kier alpha value is -1.43. The highest BCUT2D eigenvalue weighted by Gasteiger charge is 2.28. The van der Waals surface area contributed by atoms with Crippen LogP contribution in [0.15, 0.2) is 4.52 Å². The highest BCUT2D eigenvalue weighted by molar-refractivity contribution is 5.88. The third-order valence-electron chi connectivity index (χ3n) is 2.48. The average molecular weight is 196 g/mol. The molecule has 0 aromatic carbocycles. The molecule has 2 unspecified atom stereocenters. The lowest BCUT2D eigenvalue weighted by Gasteiger charge is -2.01. The fourth-order valence-electron chi connectivity index (χ4n) is 1.74. The maximum Gasteiger partial charge on any atom is 0.290 e. The molecule has 2 rings (SSSR count). The van der Waals surface area contributed by atoms with Crippen molar-refractivity contribution in [2.24, 2.45) is 11.5 Å². The molecule has 76 valence electrons. The Morgan fingerprint density at radius 3 is 2.79 bits per heavy atom. The second kappa shape index (κ2) is 3.38. The Balaban J connectivity index is 2.13. The molecular weight excluding hydrogens is 184 g/mol. The summed E-state index contributed by atoms with van der Waals surface area (Å²) in [6.07, 6.45) is 2.72. The van der Waals surface area contributed by atoms with Crippen LogP contribution >= 0.6 is 0 Å². The SMILES string of the molecule is NC(=O)c1noc(C2CCC(N)C2)n1. The largest absolute Gasteiger partial charge is 0.363 e. The summed E-state index contributed by atoms with van der Waals surface area (Å²) in [5.41, 5.74) is 10.8. The molecule has 0 aliphatic heterocycles. The van der Waals surface area contributed by atoms with E-state index in [1.54, 1.807) is 0 Å². The van der Waals surface area contributed by atoms with Gasteiger partial charge in [-0.1, -0.05) is 5.16 Å². The number of amides is 1. The van der Waals surface area contributed by atoms with Gasteiger partial charge in [0.15, 0.2) is 0 Å². The molecule has 1 saturated carbocycles. The number of nitrogens with two attached hydrogens (primary N) is 2. The van der Waals surface area contributed by atoms with Gasteiger partial charge in [0.2, 0.25) is 5.89 Å². The minimum absolute atomic E-state index is 0.0551. The van der Waals surface area contributed by atoms with Crippen molar-refractivity contribution in [1.82, 2.24) is 10.1 Å². The zero-order valence-corrected chi connectivity index (χ0v) is 7.64. The molecule has 2 atom stereocenters. The molecule has 1 amide bonds. The number of nitrogens with zero attached hydrogens (tertiary/aromatic N) is 2. The molecule has 1 aliphatic carbocycles. The fourth-order valence-corrected chi connectivity index (χ4v) is 1.74. The molecule has 6 heteroatoms. The lowest BCUT2D eigenvalue weighted by atomic mass is 10.1. The van der Waals surface area contributed by atoms with Crippen LogP contribution in [-0.2, 0) is 0 Å². The number of hydrogen-bond acceptors (Lipinski definition) is 5. The topological polar surface area (TPSA) is 108 Å². The summed E-state index contributed by atoms with van der Waals surface area (Å²) >= 11 is 0. The second-order valence-electron chi connectivity index (χ2n) is 3.59. The zero-order valence-electron chi connectivity index (χ0n) is 7.64. The number of primary amides is 1. The first-order chi connectivity index (χ1) is 6.66. The van der Waals surface area contributed by atoms with Crippen LogP contribution < -0.4 is 11.5 Å². The van der Waals surface area contributed by atoms with Crippen molar-refractivity contribution in [2.45, 2.75) is 31.2 Å². The van der Waals surface area contributed by atoms with Crippen molar-refractivity contribution in [1.29, 1.82) is 0 Å². The molecule has 1 heterocycles. The third-order valence-corrected chi connectivity index (χ3v) is 2.48. The van der Waals surface area contributed by atoms with Gasteiger partial charge in [-0.2, -0.15) is 4.98 Å². The molecule has 1 fully saturated rings. The minimum Gasteiger partial charge on any atom is -0.363 e. The van der Waals surface area contributed by atoms with Crippen molar-refractivity contribution in [2.75, 3.05) is 0 Å². The van der Waals surface area contributed by atoms with Crippen LogP contribution in [-0.4, -0.2) is 22.1 Å². The molecule has 0 bridgehead atoms. The van der Waals surface area contributed by atoms with E-state index in [0.29, 0.717) is 5.89 Å². The summed E-state index contributed by atoms with van der Waals surface area (Å²) in [5.74, 6) is -0.0554. The number of aromatic nitrogens is 2. The van der Waals surface area contributed by atoms with Gasteiger partial charge in [-0.05, 0) is 19.3 Å². The predicted molar refractivity (Wildman–Crippen MR) is 47.4 cm³/mol. The number of carbonyl (C=O) groups excluding carboxylic acids is 1. The molecule has 1 aromatic rings. The molecule has 6 nitrogen and oxygen atoms in total. The fraction of sp³-hybridized carbons (Fsp3) is 0.625. The van der Waals surface area contributed by atoms with Crippen LogP contribution in [0.5, 0.6) is 0 Å². The quantitative estimate of drug-likeness (QED) is 0.678. The first-order valence-electron chi connectivity index (χ1n) is 4.56. The lowest BCUT2D eigenvalue weighted by Crippen LogP contribution is -2.15. The zero-order chi connectivity index (χ0) is 10.1. The maximum atomic E-state index is 10.7. The van der Waals surface area contributed by atoms with Crippen molar-refractivity contribution in [3.63, 3.8) is 0 Å². The first-order valence-corrected chi connectivity index (χ1v) is 4.56. The van der Waals surface area contributed by atoms with Gasteiger partial charge in [0.1, 0.15) is 0 Å². The Labute approximate surface area is 80.6 Å². The summed E-state index contributed by atoms with van der Waals surface area (Å²) in [7, 11) is 0. The summed E-state index contributed by atoms with van der Waals surface area (Å²) in [5, 5.41) is 3.48. The molecule has 1 aromatic heterocycles. The molecule has 1 aliphatic rings. The van der Waals surface area contributed by atoms with Gasteiger partial charge < -0.3 is 16.0 Å². The summed E-state index contributed by atoms with van der Waals surface area (Å²) in [4.78, 5) is 14.6. The molecule has 0 spiro atoms. The molecule has 0 saturated heterocycles. The van der Waals surface area contributed by atoms with Crippen LogP contribution in [0.4, 0.5) is 0 Å². The molecule has 4 N–H and O–H groups in total. The van der Waals surface area contributed by atoms with Gasteiger partial charge in [-0.3, -0.25) is 4.79 Å². The Bertz CT molecular complexity index is 349. The smallest absolute Gasteiger partial charge is 0.290 e. The van der Waals surface area contributed by atoms with Gasteiger partial charge in [-0.15, -0.1) is 0 Å². The van der Waals surface area contributed by atoms with Crippen LogP contribution in [0.2, 0.25) is 0 Å². The normalized spacial score (nSPS) is 26.6. The number of rotatable bonds is 2. The van der Waals surface area contributed by atoms with Crippen molar-refractivity contribution in [3.05, 3.63) is 11.7 Å². The highest BCUT2D eigenvalue weighted by atomic mass is 16.5. The van der Waals surface area contributed by atoms with Crippen LogP contribution in [0.3, 0.4) is 0 Å². The van der Waals surface area contributed by atoms with Gasteiger partial charge in [-0.25, -0.2) is 0 Å². The van der Waals surface area contributed by atoms with E-state index in [1.807, 2.05) is 0 Å². The van der Waals surface area contributed by atoms with Gasteiger partial charge in [0, 0.05) is 12.0 Å². The monoisotopic (exact) mass is 196 g/mol. The van der Waals surface area contributed by atoms with Gasteiger partial charge in [0.05, 0.1) is 0 Å². The van der Waals surface area contributed by atoms with Crippen LogP contribution in [0, 0.1) is 0 Å². The van der Waals surface area contributed by atoms with Crippen molar-refractivity contribution in [3.8, 4) is 0 Å². The van der Waals surface area contributed by atoms with Crippen LogP contribution in [0.25, 0.3) is 0 Å². The number of hydrogen-bond donors (Lipinski definition) is 2. The van der Waals surface area contributed by atoms with Gasteiger partial charge in [0.25, 0.3) is 11.7 Å². The summed E-state index contributed by atoms with van der Waals surface area (Å²) in [6.45, 7) is 0. The van der Waals surface area contributed by atoms with E-state index in [0.717, 1.165) is 19.3 Å². The van der Waals surface area contributed by atoms with E-state index >= 15 is 0 Å². The van der Waals surface area contributed by atoms with Crippen LogP contribution in [0.1, 0.15) is 41.7 Å². The Kier molecular flexibility index (Phi) is 2.20. The van der Waals surface area contributed by atoms with Crippen molar-refractivity contribution < 1.29 is 9.32 Å². The summed E-state index contributed by atoms with van der Waals surface area (Å²) in [6, 6.07) is 0.198. The first kappa shape index (κ1) is 9.14. The average Bonchev–Trinajstić information content (AvgIpc) is 2.70. The van der Waals surface area contributed by atoms with E-state index < -0.39 is 5.91 Å². The lowest BCUT2D eigenvalue weighted by molar-refractivity contribution is 0.0987. The van der Waals surface area contributed by atoms with E-state index in [9.17, 15) is 4.79 Å². The second-order valence-corrected chi connectivity index (χ2v) is 3.59. The molecule has 14 heavy (non-hydrogen) atoms. The number of carbonyl (C=O) groups is 1. The van der Waals surface area contributed by atoms with E-state index in [-0.39, 0.29) is 17.8 Å². The minimum atomic E-state index is -0.665. The summed E-state index contributed by atoms with van der Waals surface area (Å²) < 4.78 is 4.94. The third kappa shape index (κ3) is 1.60. The van der Waals surface area contributed by atoms with E-state index in [1.165, 1.54) is 0 Å². The standard InChI is InChI=1S/C8H12N4O2/c9-5-2-1-4(3-5)8-11-7(6(10)13)12-14-8/h4-5H,1-3,9H2,(H2,10,13). The molecule has 0 radical (unpaired) electrons. The van der Waals surface area contributed by atoms with Crippen molar-refractivity contribution >= 4 is 5.91 Å². The van der Waals surface area contributed by atoms with E-state index in [4.69, 9.17) is 16.0 Å². The predicted octanol–water partition coefficient (Wildman–Crippen LogP) is -0.237. The Morgan fingerprint density at radius 1 is 1.50 bits per heavy atom. The highest BCUT2D eigenvalue weighted by Crippen LogP contribution is 2.32.